The highest BCUT2D eigenvalue weighted by molar-refractivity contribution is 4.73. The molecule has 17 heavy (non-hydrogen) atoms. The van der Waals surface area contributed by atoms with E-state index in [0.717, 1.165) is 5.92 Å². The Hall–Kier alpha value is -0.120. The molecule has 0 aromatic carbocycles. The largest absolute Gasteiger partial charge is 0.317 e. The highest BCUT2D eigenvalue weighted by atomic mass is 15.3. The second kappa shape index (κ2) is 8.06. The number of piperazine rings is 1. The summed E-state index contributed by atoms with van der Waals surface area (Å²) in [7, 11) is 2.05. The van der Waals surface area contributed by atoms with Crippen LogP contribution in [-0.4, -0.2) is 62.2 Å². The van der Waals surface area contributed by atoms with Gasteiger partial charge in [-0.3, -0.25) is 0 Å². The van der Waals surface area contributed by atoms with Crippen molar-refractivity contribution in [2.75, 3.05) is 46.3 Å². The molecule has 1 aliphatic rings. The van der Waals surface area contributed by atoms with Crippen molar-refractivity contribution in [1.29, 1.82) is 0 Å². The van der Waals surface area contributed by atoms with Crippen LogP contribution >= 0.6 is 0 Å². The van der Waals surface area contributed by atoms with Gasteiger partial charge in [-0.25, -0.2) is 0 Å². The molecule has 0 aliphatic carbocycles. The van der Waals surface area contributed by atoms with Gasteiger partial charge < -0.3 is 15.1 Å². The zero-order valence-corrected chi connectivity index (χ0v) is 12.2. The van der Waals surface area contributed by atoms with E-state index < -0.39 is 0 Å². The van der Waals surface area contributed by atoms with Crippen molar-refractivity contribution in [1.82, 2.24) is 15.1 Å². The Morgan fingerprint density at radius 1 is 1.00 bits per heavy atom. The number of nitrogens with one attached hydrogen (secondary N) is 1. The molecule has 102 valence electrons. The maximum absolute atomic E-state index is 3.30. The number of rotatable bonds is 7. The molecule has 0 spiro atoms. The van der Waals surface area contributed by atoms with Gasteiger partial charge in [0.1, 0.15) is 0 Å². The molecule has 1 atom stereocenters. The van der Waals surface area contributed by atoms with E-state index in [1.807, 2.05) is 0 Å². The predicted octanol–water partition coefficient (Wildman–Crippen LogP) is 1.65. The summed E-state index contributed by atoms with van der Waals surface area (Å²) in [4.78, 5) is 5.23. The van der Waals surface area contributed by atoms with Gasteiger partial charge in [0, 0.05) is 38.8 Å². The molecule has 3 nitrogen and oxygen atoms in total. The third-order valence-corrected chi connectivity index (χ3v) is 3.69. The van der Waals surface area contributed by atoms with Gasteiger partial charge in [0.15, 0.2) is 0 Å². The summed E-state index contributed by atoms with van der Waals surface area (Å²) in [6.07, 6.45) is 2.62. The van der Waals surface area contributed by atoms with Crippen LogP contribution in [0.15, 0.2) is 0 Å². The Balaban J connectivity index is 2.06. The minimum absolute atomic E-state index is 0.664. The van der Waals surface area contributed by atoms with Crippen LogP contribution in [0.5, 0.6) is 0 Å². The van der Waals surface area contributed by atoms with Crippen LogP contribution in [0.2, 0.25) is 0 Å². The summed E-state index contributed by atoms with van der Waals surface area (Å²) in [5.74, 6) is 0.804. The van der Waals surface area contributed by atoms with E-state index in [0.29, 0.717) is 6.04 Å². The molecule has 0 aromatic heterocycles. The molecule has 0 aromatic rings. The second-order valence-corrected chi connectivity index (χ2v) is 5.87. The molecule has 0 saturated carbocycles. The molecular weight excluding hydrogens is 210 g/mol. The van der Waals surface area contributed by atoms with Gasteiger partial charge in [-0.05, 0) is 39.3 Å². The maximum atomic E-state index is 3.30. The first-order valence-corrected chi connectivity index (χ1v) is 7.23. The molecule has 1 saturated heterocycles. The van der Waals surface area contributed by atoms with E-state index in [1.54, 1.807) is 0 Å². The van der Waals surface area contributed by atoms with Gasteiger partial charge in [-0.2, -0.15) is 0 Å². The third-order valence-electron chi connectivity index (χ3n) is 3.69. The van der Waals surface area contributed by atoms with Gasteiger partial charge in [-0.15, -0.1) is 0 Å². The van der Waals surface area contributed by atoms with Crippen molar-refractivity contribution >= 4 is 0 Å². The molecule has 1 fully saturated rings. The molecule has 1 rings (SSSR count). The highest BCUT2D eigenvalue weighted by Gasteiger charge is 2.16. The van der Waals surface area contributed by atoms with E-state index in [9.17, 15) is 0 Å². The standard InChI is InChI=1S/C14H31N3/c1-13(2)12-17-10-8-16(9-11-17)7-5-6-14(3)15-4/h13-15H,5-12H2,1-4H3. The summed E-state index contributed by atoms with van der Waals surface area (Å²) in [5, 5.41) is 3.30. The van der Waals surface area contributed by atoms with Crippen LogP contribution in [0.25, 0.3) is 0 Å². The number of hydrogen-bond acceptors (Lipinski definition) is 3. The summed E-state index contributed by atoms with van der Waals surface area (Å²) in [5.41, 5.74) is 0. The number of hydrogen-bond donors (Lipinski definition) is 1. The van der Waals surface area contributed by atoms with E-state index in [1.165, 1.54) is 52.1 Å². The fourth-order valence-corrected chi connectivity index (χ4v) is 2.48. The van der Waals surface area contributed by atoms with Gasteiger partial charge in [0.05, 0.1) is 0 Å². The van der Waals surface area contributed by atoms with Crippen LogP contribution in [0, 0.1) is 5.92 Å². The van der Waals surface area contributed by atoms with Crippen LogP contribution in [0.4, 0.5) is 0 Å². The van der Waals surface area contributed by atoms with E-state index in [2.05, 4.69) is 42.9 Å². The summed E-state index contributed by atoms with van der Waals surface area (Å²) >= 11 is 0. The van der Waals surface area contributed by atoms with Crippen molar-refractivity contribution in [2.24, 2.45) is 5.92 Å². The SMILES string of the molecule is CNC(C)CCCN1CCN(CC(C)C)CC1. The molecule has 3 heteroatoms. The molecule has 0 amide bonds. The van der Waals surface area contributed by atoms with Crippen LogP contribution < -0.4 is 5.32 Å². The van der Waals surface area contributed by atoms with Crippen molar-refractivity contribution in [3.63, 3.8) is 0 Å². The van der Waals surface area contributed by atoms with E-state index in [4.69, 9.17) is 0 Å². The normalized spacial score (nSPS) is 21.0. The smallest absolute Gasteiger partial charge is 0.0110 e. The lowest BCUT2D eigenvalue weighted by Crippen LogP contribution is -2.47. The Morgan fingerprint density at radius 2 is 1.59 bits per heavy atom. The van der Waals surface area contributed by atoms with Crippen molar-refractivity contribution in [3.8, 4) is 0 Å². The fourth-order valence-electron chi connectivity index (χ4n) is 2.48. The van der Waals surface area contributed by atoms with Gasteiger partial charge in [0.25, 0.3) is 0 Å². The van der Waals surface area contributed by atoms with Gasteiger partial charge in [0.2, 0.25) is 0 Å². The first-order valence-electron chi connectivity index (χ1n) is 7.23. The number of nitrogens with zero attached hydrogens (tertiary/aromatic N) is 2. The molecule has 0 radical (unpaired) electrons. The second-order valence-electron chi connectivity index (χ2n) is 5.87. The summed E-state index contributed by atoms with van der Waals surface area (Å²) in [6, 6.07) is 0.664. The molecular formula is C14H31N3. The first-order chi connectivity index (χ1) is 8.11. The summed E-state index contributed by atoms with van der Waals surface area (Å²) in [6.45, 7) is 14.5. The van der Waals surface area contributed by atoms with Crippen LogP contribution in [0.1, 0.15) is 33.6 Å². The first kappa shape index (κ1) is 14.9. The zero-order valence-electron chi connectivity index (χ0n) is 12.2. The minimum Gasteiger partial charge on any atom is -0.317 e. The average molecular weight is 241 g/mol. The fraction of sp³-hybridized carbons (Fsp3) is 1.00. The lowest BCUT2D eigenvalue weighted by Gasteiger charge is -2.35. The van der Waals surface area contributed by atoms with Gasteiger partial charge in [-0.1, -0.05) is 13.8 Å². The predicted molar refractivity (Wildman–Crippen MR) is 75.5 cm³/mol. The lowest BCUT2D eigenvalue weighted by molar-refractivity contribution is 0.120. The van der Waals surface area contributed by atoms with Gasteiger partial charge >= 0.3 is 0 Å². The molecule has 1 unspecified atom stereocenters. The molecule has 1 N–H and O–H groups in total. The lowest BCUT2D eigenvalue weighted by atomic mass is 10.1. The van der Waals surface area contributed by atoms with Crippen molar-refractivity contribution in [2.45, 2.75) is 39.7 Å². The zero-order chi connectivity index (χ0) is 12.7. The van der Waals surface area contributed by atoms with E-state index >= 15 is 0 Å². The Kier molecular flexibility index (Phi) is 7.09. The third kappa shape index (κ3) is 6.39. The van der Waals surface area contributed by atoms with E-state index in [-0.39, 0.29) is 0 Å². The topological polar surface area (TPSA) is 18.5 Å². The Labute approximate surface area is 108 Å². The van der Waals surface area contributed by atoms with Crippen molar-refractivity contribution in [3.05, 3.63) is 0 Å². The quantitative estimate of drug-likeness (QED) is 0.731. The van der Waals surface area contributed by atoms with Crippen LogP contribution in [-0.2, 0) is 0 Å². The summed E-state index contributed by atoms with van der Waals surface area (Å²) < 4.78 is 0. The minimum atomic E-state index is 0.664. The Morgan fingerprint density at radius 3 is 2.12 bits per heavy atom. The maximum Gasteiger partial charge on any atom is 0.0110 e. The monoisotopic (exact) mass is 241 g/mol. The average Bonchev–Trinajstić information content (AvgIpc) is 2.30. The molecule has 1 heterocycles. The highest BCUT2D eigenvalue weighted by Crippen LogP contribution is 2.07. The van der Waals surface area contributed by atoms with Crippen LogP contribution in [0.3, 0.4) is 0 Å². The van der Waals surface area contributed by atoms with Crippen molar-refractivity contribution < 1.29 is 0 Å². The molecule has 0 bridgehead atoms. The molecule has 1 aliphatic heterocycles. The Bertz CT molecular complexity index is 186.